The van der Waals surface area contributed by atoms with Gasteiger partial charge in [0.05, 0.1) is 6.04 Å². The van der Waals surface area contributed by atoms with E-state index in [9.17, 15) is 4.79 Å². The summed E-state index contributed by atoms with van der Waals surface area (Å²) in [6.07, 6.45) is 0.780. The fourth-order valence-corrected chi connectivity index (χ4v) is 2.38. The Bertz CT molecular complexity index is 459. The third-order valence-corrected chi connectivity index (χ3v) is 4.04. The quantitative estimate of drug-likeness (QED) is 0.847. The van der Waals surface area contributed by atoms with Crippen molar-refractivity contribution in [3.63, 3.8) is 0 Å². The van der Waals surface area contributed by atoms with Crippen LogP contribution in [0, 0.1) is 0 Å². The number of carbonyl (C=O) groups is 1. The molecule has 1 aliphatic rings. The molecule has 0 radical (unpaired) electrons. The number of benzene rings is 1. The SMILES string of the molecule is CC(C)N(C)CCNC(=O)[C@@H]1Cc2ccccc2CN1. The number of hydrogen-bond donors (Lipinski definition) is 2. The molecule has 0 aromatic heterocycles. The molecule has 0 fully saturated rings. The van der Waals surface area contributed by atoms with Gasteiger partial charge in [-0.05, 0) is 38.4 Å². The summed E-state index contributed by atoms with van der Waals surface area (Å²) in [5.41, 5.74) is 2.58. The van der Waals surface area contributed by atoms with E-state index in [1.165, 1.54) is 11.1 Å². The maximum atomic E-state index is 12.2. The van der Waals surface area contributed by atoms with Gasteiger partial charge in [0.2, 0.25) is 5.91 Å². The van der Waals surface area contributed by atoms with E-state index in [-0.39, 0.29) is 11.9 Å². The van der Waals surface area contributed by atoms with Gasteiger partial charge in [0.1, 0.15) is 0 Å². The van der Waals surface area contributed by atoms with Gasteiger partial charge in [0.15, 0.2) is 0 Å². The van der Waals surface area contributed by atoms with E-state index in [1.54, 1.807) is 0 Å². The molecule has 0 unspecified atom stereocenters. The van der Waals surface area contributed by atoms with E-state index in [4.69, 9.17) is 0 Å². The number of amides is 1. The maximum absolute atomic E-state index is 12.2. The lowest BCUT2D eigenvalue weighted by atomic mass is 9.95. The van der Waals surface area contributed by atoms with E-state index in [0.29, 0.717) is 12.6 Å². The lowest BCUT2D eigenvalue weighted by Crippen LogP contribution is -2.49. The molecule has 1 amide bonds. The molecule has 1 atom stereocenters. The van der Waals surface area contributed by atoms with Crippen LogP contribution in [-0.2, 0) is 17.8 Å². The fourth-order valence-electron chi connectivity index (χ4n) is 2.38. The number of carbonyl (C=O) groups excluding carboxylic acids is 1. The van der Waals surface area contributed by atoms with Gasteiger partial charge in [0, 0.05) is 25.7 Å². The Balaban J connectivity index is 1.80. The van der Waals surface area contributed by atoms with Gasteiger partial charge in [-0.25, -0.2) is 0 Å². The molecule has 20 heavy (non-hydrogen) atoms. The highest BCUT2D eigenvalue weighted by Crippen LogP contribution is 2.16. The van der Waals surface area contributed by atoms with E-state index in [0.717, 1.165) is 19.5 Å². The number of nitrogens with zero attached hydrogens (tertiary/aromatic N) is 1. The van der Waals surface area contributed by atoms with E-state index in [1.807, 2.05) is 12.1 Å². The smallest absolute Gasteiger partial charge is 0.237 e. The number of fused-ring (bicyclic) bond motifs is 1. The normalized spacial score (nSPS) is 18.1. The van der Waals surface area contributed by atoms with Crippen molar-refractivity contribution in [2.75, 3.05) is 20.1 Å². The van der Waals surface area contributed by atoms with Gasteiger partial charge in [0.25, 0.3) is 0 Å². The Hall–Kier alpha value is -1.39. The number of likely N-dealkylation sites (N-methyl/N-ethyl adjacent to an activating group) is 1. The van der Waals surface area contributed by atoms with E-state index < -0.39 is 0 Å². The lowest BCUT2D eigenvalue weighted by molar-refractivity contribution is -0.123. The van der Waals surface area contributed by atoms with Crippen molar-refractivity contribution in [3.8, 4) is 0 Å². The summed E-state index contributed by atoms with van der Waals surface area (Å²) in [6, 6.07) is 8.72. The van der Waals surface area contributed by atoms with Crippen LogP contribution in [0.5, 0.6) is 0 Å². The summed E-state index contributed by atoms with van der Waals surface area (Å²) >= 11 is 0. The summed E-state index contributed by atoms with van der Waals surface area (Å²) in [5, 5.41) is 6.34. The minimum Gasteiger partial charge on any atom is -0.353 e. The first kappa shape index (κ1) is 15.0. The first-order valence-electron chi connectivity index (χ1n) is 7.36. The highest BCUT2D eigenvalue weighted by molar-refractivity contribution is 5.82. The maximum Gasteiger partial charge on any atom is 0.237 e. The number of rotatable bonds is 5. The minimum atomic E-state index is -0.103. The Morgan fingerprint density at radius 2 is 2.10 bits per heavy atom. The first-order chi connectivity index (χ1) is 9.58. The average molecular weight is 275 g/mol. The van der Waals surface area contributed by atoms with Crippen LogP contribution in [0.1, 0.15) is 25.0 Å². The molecule has 0 aliphatic carbocycles. The summed E-state index contributed by atoms with van der Waals surface area (Å²) in [4.78, 5) is 14.4. The second-order valence-electron chi connectivity index (χ2n) is 5.77. The molecule has 110 valence electrons. The van der Waals surface area contributed by atoms with Crippen molar-refractivity contribution in [2.24, 2.45) is 0 Å². The minimum absolute atomic E-state index is 0.103. The van der Waals surface area contributed by atoms with Crippen molar-refractivity contribution in [2.45, 2.75) is 38.9 Å². The topological polar surface area (TPSA) is 44.4 Å². The van der Waals surface area contributed by atoms with Gasteiger partial charge in [-0.15, -0.1) is 0 Å². The van der Waals surface area contributed by atoms with Gasteiger partial charge in [-0.1, -0.05) is 24.3 Å². The van der Waals surface area contributed by atoms with Crippen LogP contribution in [0.2, 0.25) is 0 Å². The van der Waals surface area contributed by atoms with Crippen LogP contribution >= 0.6 is 0 Å². The third-order valence-electron chi connectivity index (χ3n) is 4.04. The van der Waals surface area contributed by atoms with Gasteiger partial charge < -0.3 is 15.5 Å². The Morgan fingerprint density at radius 3 is 2.80 bits per heavy atom. The van der Waals surface area contributed by atoms with Crippen molar-refractivity contribution in [1.29, 1.82) is 0 Å². The van der Waals surface area contributed by atoms with Crippen LogP contribution in [0.25, 0.3) is 0 Å². The zero-order valence-electron chi connectivity index (χ0n) is 12.6. The second kappa shape index (κ2) is 6.86. The van der Waals surface area contributed by atoms with Crippen LogP contribution in [0.15, 0.2) is 24.3 Å². The summed E-state index contributed by atoms with van der Waals surface area (Å²) < 4.78 is 0. The molecule has 1 aliphatic heterocycles. The van der Waals surface area contributed by atoms with Gasteiger partial charge >= 0.3 is 0 Å². The average Bonchev–Trinajstić information content (AvgIpc) is 2.46. The standard InChI is InChI=1S/C16H25N3O/c1-12(2)19(3)9-8-17-16(20)15-10-13-6-4-5-7-14(13)11-18-15/h4-7,12,15,18H,8-11H2,1-3H3,(H,17,20)/t15-/m0/s1. The van der Waals surface area contributed by atoms with Crippen molar-refractivity contribution >= 4 is 5.91 Å². The van der Waals surface area contributed by atoms with Crippen LogP contribution in [-0.4, -0.2) is 43.0 Å². The first-order valence-corrected chi connectivity index (χ1v) is 7.36. The van der Waals surface area contributed by atoms with Crippen molar-refractivity contribution in [1.82, 2.24) is 15.5 Å². The molecule has 1 aromatic rings. The second-order valence-corrected chi connectivity index (χ2v) is 5.77. The monoisotopic (exact) mass is 275 g/mol. The molecule has 4 heteroatoms. The Labute approximate surface area is 121 Å². The molecule has 1 aromatic carbocycles. The molecule has 0 saturated carbocycles. The predicted octanol–water partition coefficient (Wildman–Crippen LogP) is 1.16. The van der Waals surface area contributed by atoms with Crippen LogP contribution in [0.3, 0.4) is 0 Å². The van der Waals surface area contributed by atoms with E-state index in [2.05, 4.69) is 48.6 Å². The number of nitrogens with one attached hydrogen (secondary N) is 2. The summed E-state index contributed by atoms with van der Waals surface area (Å²) in [5.74, 6) is 0.108. The number of hydrogen-bond acceptors (Lipinski definition) is 3. The van der Waals surface area contributed by atoms with E-state index >= 15 is 0 Å². The Morgan fingerprint density at radius 1 is 1.40 bits per heavy atom. The zero-order valence-corrected chi connectivity index (χ0v) is 12.6. The molecular formula is C16H25N3O. The summed E-state index contributed by atoms with van der Waals surface area (Å²) in [7, 11) is 2.08. The molecular weight excluding hydrogens is 250 g/mol. The third kappa shape index (κ3) is 3.81. The van der Waals surface area contributed by atoms with Crippen LogP contribution < -0.4 is 10.6 Å². The molecule has 2 N–H and O–H groups in total. The largest absolute Gasteiger partial charge is 0.353 e. The highest BCUT2D eigenvalue weighted by atomic mass is 16.2. The summed E-state index contributed by atoms with van der Waals surface area (Å²) in [6.45, 7) is 6.67. The zero-order chi connectivity index (χ0) is 14.5. The molecule has 0 bridgehead atoms. The molecule has 0 saturated heterocycles. The Kier molecular flexibility index (Phi) is 5.15. The van der Waals surface area contributed by atoms with Gasteiger partial charge in [-0.3, -0.25) is 4.79 Å². The molecule has 2 rings (SSSR count). The lowest BCUT2D eigenvalue weighted by Gasteiger charge is -2.26. The van der Waals surface area contributed by atoms with Crippen molar-refractivity contribution in [3.05, 3.63) is 35.4 Å². The fraction of sp³-hybridized carbons (Fsp3) is 0.562. The van der Waals surface area contributed by atoms with Crippen molar-refractivity contribution < 1.29 is 4.79 Å². The van der Waals surface area contributed by atoms with Gasteiger partial charge in [-0.2, -0.15) is 0 Å². The highest BCUT2D eigenvalue weighted by Gasteiger charge is 2.23. The molecule has 1 heterocycles. The predicted molar refractivity (Wildman–Crippen MR) is 81.5 cm³/mol. The molecule has 0 spiro atoms. The molecule has 4 nitrogen and oxygen atoms in total. The van der Waals surface area contributed by atoms with Crippen LogP contribution in [0.4, 0.5) is 0 Å².